The predicted molar refractivity (Wildman–Crippen MR) is 89.8 cm³/mol. The summed E-state index contributed by atoms with van der Waals surface area (Å²) in [5, 5.41) is 12.3. The average Bonchev–Trinajstić information content (AvgIpc) is 2.52. The van der Waals surface area contributed by atoms with Crippen LogP contribution in [0.25, 0.3) is 0 Å². The smallest absolute Gasteiger partial charge is 0.0574 e. The Bertz CT molecular complexity index is 367. The molecule has 0 aromatic carbocycles. The highest BCUT2D eigenvalue weighted by Crippen LogP contribution is 2.18. The van der Waals surface area contributed by atoms with Gasteiger partial charge in [0.05, 0.1) is 17.6 Å². The number of rotatable bonds is 11. The molecule has 1 heterocycles. The third-order valence-corrected chi connectivity index (χ3v) is 3.77. The summed E-state index contributed by atoms with van der Waals surface area (Å²) in [6, 6.07) is 4.65. The van der Waals surface area contributed by atoms with Gasteiger partial charge in [-0.15, -0.1) is 0 Å². The van der Waals surface area contributed by atoms with Crippen molar-refractivity contribution < 1.29 is 5.11 Å². The zero-order valence-corrected chi connectivity index (χ0v) is 13.8. The van der Waals surface area contributed by atoms with Gasteiger partial charge in [-0.25, -0.2) is 0 Å². The molecule has 0 bridgehead atoms. The van der Waals surface area contributed by atoms with E-state index in [0.717, 1.165) is 56.6 Å². The first-order valence-corrected chi connectivity index (χ1v) is 8.24. The molecular formula is C17H31N3O. The molecule has 1 atom stereocenters. The molecule has 0 radical (unpaired) electrons. The van der Waals surface area contributed by atoms with Gasteiger partial charge in [0.15, 0.2) is 0 Å². The number of anilines is 1. The summed E-state index contributed by atoms with van der Waals surface area (Å²) in [6.07, 6.45) is 7.25. The second-order valence-corrected chi connectivity index (χ2v) is 5.56. The van der Waals surface area contributed by atoms with Gasteiger partial charge in [0.2, 0.25) is 0 Å². The molecule has 21 heavy (non-hydrogen) atoms. The van der Waals surface area contributed by atoms with Crippen LogP contribution in [0.1, 0.15) is 57.7 Å². The Morgan fingerprint density at radius 1 is 1.24 bits per heavy atom. The van der Waals surface area contributed by atoms with Crippen LogP contribution < -0.4 is 10.2 Å². The molecule has 1 rings (SSSR count). The van der Waals surface area contributed by atoms with E-state index in [-0.39, 0.29) is 0 Å². The lowest BCUT2D eigenvalue weighted by molar-refractivity contribution is 0.283. The van der Waals surface area contributed by atoms with Crippen LogP contribution in [0.2, 0.25) is 0 Å². The molecule has 1 aromatic heterocycles. The van der Waals surface area contributed by atoms with E-state index in [4.69, 9.17) is 5.11 Å². The topological polar surface area (TPSA) is 48.4 Å². The van der Waals surface area contributed by atoms with Crippen LogP contribution in [-0.4, -0.2) is 36.8 Å². The Kier molecular flexibility index (Phi) is 9.02. The monoisotopic (exact) mass is 293 g/mol. The first-order chi connectivity index (χ1) is 10.2. The third kappa shape index (κ3) is 6.44. The maximum atomic E-state index is 8.79. The van der Waals surface area contributed by atoms with Crippen molar-refractivity contribution >= 4 is 5.69 Å². The van der Waals surface area contributed by atoms with Crippen LogP contribution in [0.5, 0.6) is 0 Å². The van der Waals surface area contributed by atoms with Crippen molar-refractivity contribution in [2.75, 3.05) is 31.6 Å². The third-order valence-electron chi connectivity index (χ3n) is 3.77. The number of hydrogen-bond acceptors (Lipinski definition) is 4. The van der Waals surface area contributed by atoms with Gasteiger partial charge in [-0.1, -0.05) is 13.8 Å². The molecule has 0 amide bonds. The summed E-state index contributed by atoms with van der Waals surface area (Å²) in [6.45, 7) is 6.71. The lowest BCUT2D eigenvalue weighted by Gasteiger charge is -2.21. The minimum atomic E-state index is 0.295. The summed E-state index contributed by atoms with van der Waals surface area (Å²) in [7, 11) is 2.10. The van der Waals surface area contributed by atoms with E-state index >= 15 is 0 Å². The fourth-order valence-electron chi connectivity index (χ4n) is 2.37. The van der Waals surface area contributed by atoms with Gasteiger partial charge in [-0.2, -0.15) is 0 Å². The zero-order valence-electron chi connectivity index (χ0n) is 13.8. The molecule has 0 saturated carbocycles. The highest BCUT2D eigenvalue weighted by atomic mass is 16.2. The fourth-order valence-corrected chi connectivity index (χ4v) is 2.37. The molecule has 1 unspecified atom stereocenters. The highest BCUT2D eigenvalue weighted by molar-refractivity contribution is 5.43. The number of unbranched alkanes of at least 4 members (excludes halogenated alkanes) is 2. The molecule has 4 nitrogen and oxygen atoms in total. The molecule has 0 saturated heterocycles. The van der Waals surface area contributed by atoms with Gasteiger partial charge in [0.25, 0.3) is 0 Å². The molecule has 4 heteroatoms. The summed E-state index contributed by atoms with van der Waals surface area (Å²) in [5.41, 5.74) is 2.29. The first kappa shape index (κ1) is 17.9. The molecule has 1 aromatic rings. The normalized spacial score (nSPS) is 12.4. The van der Waals surface area contributed by atoms with E-state index < -0.39 is 0 Å². The van der Waals surface area contributed by atoms with E-state index in [1.165, 1.54) is 0 Å². The maximum absolute atomic E-state index is 8.79. The summed E-state index contributed by atoms with van der Waals surface area (Å²) in [5.74, 6) is 0. The zero-order chi connectivity index (χ0) is 15.5. The number of nitrogens with one attached hydrogen (secondary N) is 1. The number of nitrogens with zero attached hydrogens (tertiary/aromatic N) is 2. The van der Waals surface area contributed by atoms with Crippen molar-refractivity contribution in [3.05, 3.63) is 24.0 Å². The van der Waals surface area contributed by atoms with Crippen LogP contribution >= 0.6 is 0 Å². The Morgan fingerprint density at radius 2 is 2.05 bits per heavy atom. The highest BCUT2D eigenvalue weighted by Gasteiger charge is 2.10. The first-order valence-electron chi connectivity index (χ1n) is 8.24. The molecule has 0 fully saturated rings. The standard InChI is InChI=1S/C17H31N3O/c1-4-11-18-16(5-2)17-10-9-15(14-19-17)20(3)12-7-6-8-13-21/h9-10,14,16,18,21H,4-8,11-13H2,1-3H3. The lowest BCUT2D eigenvalue weighted by atomic mass is 10.1. The van der Waals surface area contributed by atoms with Gasteiger partial charge in [0.1, 0.15) is 0 Å². The van der Waals surface area contributed by atoms with Gasteiger partial charge in [-0.05, 0) is 50.8 Å². The molecule has 0 spiro atoms. The van der Waals surface area contributed by atoms with E-state index in [2.05, 4.69) is 48.2 Å². The number of hydrogen-bond donors (Lipinski definition) is 2. The van der Waals surface area contributed by atoms with Gasteiger partial charge in [0, 0.05) is 26.2 Å². The maximum Gasteiger partial charge on any atom is 0.0574 e. The number of pyridine rings is 1. The van der Waals surface area contributed by atoms with Gasteiger partial charge >= 0.3 is 0 Å². The van der Waals surface area contributed by atoms with Crippen molar-refractivity contribution in [3.63, 3.8) is 0 Å². The van der Waals surface area contributed by atoms with E-state index in [1.807, 2.05) is 6.20 Å². The second-order valence-electron chi connectivity index (χ2n) is 5.56. The molecule has 2 N–H and O–H groups in total. The average molecular weight is 293 g/mol. The molecule has 0 aliphatic rings. The van der Waals surface area contributed by atoms with E-state index in [1.54, 1.807) is 0 Å². The molecular weight excluding hydrogens is 262 g/mol. The minimum Gasteiger partial charge on any atom is -0.396 e. The van der Waals surface area contributed by atoms with Crippen LogP contribution in [0.4, 0.5) is 5.69 Å². The quantitative estimate of drug-likeness (QED) is 0.615. The Morgan fingerprint density at radius 3 is 2.62 bits per heavy atom. The molecule has 120 valence electrons. The Hall–Kier alpha value is -1.13. The summed E-state index contributed by atoms with van der Waals surface area (Å²) < 4.78 is 0. The second kappa shape index (κ2) is 10.6. The lowest BCUT2D eigenvalue weighted by Crippen LogP contribution is -2.23. The van der Waals surface area contributed by atoms with Crippen LogP contribution in [0, 0.1) is 0 Å². The Balaban J connectivity index is 2.51. The van der Waals surface area contributed by atoms with Crippen molar-refractivity contribution in [1.82, 2.24) is 10.3 Å². The predicted octanol–water partition coefficient (Wildman–Crippen LogP) is 3.13. The van der Waals surface area contributed by atoms with E-state index in [0.29, 0.717) is 12.6 Å². The molecule has 0 aliphatic heterocycles. The van der Waals surface area contributed by atoms with Crippen LogP contribution in [0.3, 0.4) is 0 Å². The van der Waals surface area contributed by atoms with Crippen molar-refractivity contribution in [1.29, 1.82) is 0 Å². The minimum absolute atomic E-state index is 0.295. The van der Waals surface area contributed by atoms with Crippen molar-refractivity contribution in [2.24, 2.45) is 0 Å². The van der Waals surface area contributed by atoms with E-state index in [9.17, 15) is 0 Å². The number of aromatic nitrogens is 1. The van der Waals surface area contributed by atoms with Gasteiger partial charge in [-0.3, -0.25) is 4.98 Å². The van der Waals surface area contributed by atoms with Gasteiger partial charge < -0.3 is 15.3 Å². The SMILES string of the molecule is CCCNC(CC)c1ccc(N(C)CCCCCO)cn1. The number of aliphatic hydroxyl groups excluding tert-OH is 1. The van der Waals surface area contributed by atoms with Crippen LogP contribution in [-0.2, 0) is 0 Å². The summed E-state index contributed by atoms with van der Waals surface area (Å²) >= 11 is 0. The number of aliphatic hydroxyl groups is 1. The summed E-state index contributed by atoms with van der Waals surface area (Å²) in [4.78, 5) is 6.85. The largest absolute Gasteiger partial charge is 0.396 e. The van der Waals surface area contributed by atoms with Crippen molar-refractivity contribution in [3.8, 4) is 0 Å². The van der Waals surface area contributed by atoms with Crippen LogP contribution in [0.15, 0.2) is 18.3 Å². The fraction of sp³-hybridized carbons (Fsp3) is 0.706. The Labute approximate surface area is 129 Å². The van der Waals surface area contributed by atoms with Crippen molar-refractivity contribution in [2.45, 2.75) is 52.0 Å². The molecule has 0 aliphatic carbocycles.